The van der Waals surface area contributed by atoms with Crippen molar-refractivity contribution in [2.24, 2.45) is 5.14 Å². The highest BCUT2D eigenvalue weighted by molar-refractivity contribution is 7.89. The van der Waals surface area contributed by atoms with E-state index in [4.69, 9.17) is 5.14 Å². The van der Waals surface area contributed by atoms with Crippen LogP contribution in [0.1, 0.15) is 27.3 Å². The van der Waals surface area contributed by atoms with Crippen LogP contribution in [0, 0.1) is 5.82 Å². The van der Waals surface area contributed by atoms with E-state index in [2.05, 4.69) is 10.1 Å². The average Bonchev–Trinajstić information content (AvgIpc) is 3.55. The quantitative estimate of drug-likeness (QED) is 0.162. The summed E-state index contributed by atoms with van der Waals surface area (Å²) in [5.41, 5.74) is 0.254. The molecule has 212 valence electrons. The average molecular weight is 606 g/mol. The minimum Gasteiger partial charge on any atom is -0.476 e. The predicted molar refractivity (Wildman–Crippen MR) is 147 cm³/mol. The van der Waals surface area contributed by atoms with Crippen molar-refractivity contribution >= 4 is 28.7 Å². The zero-order valence-electron chi connectivity index (χ0n) is 20.8. The summed E-state index contributed by atoms with van der Waals surface area (Å²) in [5.74, 6) is -1.84. The van der Waals surface area contributed by atoms with Gasteiger partial charge in [-0.05, 0) is 47.0 Å². The first kappa shape index (κ1) is 29.9. The van der Waals surface area contributed by atoms with Crippen molar-refractivity contribution in [1.29, 1.82) is 0 Å². The van der Waals surface area contributed by atoms with Crippen LogP contribution in [0.25, 0.3) is 27.5 Å². The lowest BCUT2D eigenvalue weighted by Crippen LogP contribution is -2.16. The number of halogens is 4. The maximum absolute atomic E-state index is 14.7. The van der Waals surface area contributed by atoms with Gasteiger partial charge in [-0.1, -0.05) is 42.5 Å². The number of hydrogen-bond donors (Lipinski definition) is 3. The molecule has 14 heteroatoms. The van der Waals surface area contributed by atoms with Gasteiger partial charge < -0.3 is 10.6 Å². The molecule has 0 fully saturated rings. The molecule has 6 N–H and O–H groups in total. The first-order valence-electron chi connectivity index (χ1n) is 11.5. The van der Waals surface area contributed by atoms with Gasteiger partial charge in [-0.2, -0.15) is 22.8 Å². The number of aromatic carboxylic acids is 1. The lowest BCUT2D eigenvalue weighted by Gasteiger charge is -2.12. The van der Waals surface area contributed by atoms with Gasteiger partial charge in [-0.25, -0.2) is 18.9 Å². The number of carboxylic acids is 1. The van der Waals surface area contributed by atoms with Gasteiger partial charge >= 0.3 is 12.1 Å². The largest absolute Gasteiger partial charge is 0.476 e. The van der Waals surface area contributed by atoms with E-state index in [0.29, 0.717) is 31.8 Å². The first-order chi connectivity index (χ1) is 19.0. The Labute approximate surface area is 237 Å². The Kier molecular flexibility index (Phi) is 8.60. The predicted octanol–water partition coefficient (Wildman–Crippen LogP) is 5.61. The second-order valence-corrected chi connectivity index (χ2v) is 10.6. The van der Waals surface area contributed by atoms with Crippen LogP contribution < -0.4 is 5.14 Å². The Bertz CT molecular complexity index is 1700. The summed E-state index contributed by atoms with van der Waals surface area (Å²) in [7, 11) is 0. The second-order valence-electron chi connectivity index (χ2n) is 8.63. The molecule has 0 spiro atoms. The monoisotopic (exact) mass is 605 g/mol. The molecule has 5 aromatic rings. The molecule has 0 saturated carbocycles. The Balaban J connectivity index is 0.00000387. The molecule has 0 aliphatic carbocycles. The van der Waals surface area contributed by atoms with Crippen LogP contribution in [0.5, 0.6) is 0 Å². The van der Waals surface area contributed by atoms with Crippen molar-refractivity contribution in [2.45, 2.75) is 17.5 Å². The third-order valence-electron chi connectivity index (χ3n) is 5.98. The number of carbonyl (C=O) groups is 1. The van der Waals surface area contributed by atoms with E-state index in [9.17, 15) is 32.0 Å². The van der Waals surface area contributed by atoms with Crippen LogP contribution in [-0.2, 0) is 24.0 Å². The van der Waals surface area contributed by atoms with E-state index in [1.807, 2.05) is 0 Å². The van der Waals surface area contributed by atoms with Gasteiger partial charge in [0.15, 0.2) is 11.4 Å². The number of carboxylic acid groups (broad SMARTS) is 1. The van der Waals surface area contributed by atoms with Crippen LogP contribution in [0.3, 0.4) is 0 Å². The maximum Gasteiger partial charge on any atom is 0.433 e. The molecule has 0 bridgehead atoms. The van der Waals surface area contributed by atoms with Gasteiger partial charge in [0.1, 0.15) is 5.82 Å². The van der Waals surface area contributed by atoms with Crippen LogP contribution in [-0.4, -0.2) is 35.9 Å². The molecular formula is C27H21F4N4O4S2+. The van der Waals surface area contributed by atoms with E-state index < -0.39 is 40.7 Å². The third-order valence-corrected chi connectivity index (χ3v) is 7.56. The lowest BCUT2D eigenvalue weighted by molar-refractivity contribution is -0.143. The summed E-state index contributed by atoms with van der Waals surface area (Å²) in [6.07, 6.45) is -5.08. The highest BCUT2D eigenvalue weighted by Crippen LogP contribution is 2.40. The Morgan fingerprint density at radius 2 is 1.63 bits per heavy atom. The highest BCUT2D eigenvalue weighted by atomic mass is 32.2. The summed E-state index contributed by atoms with van der Waals surface area (Å²) in [6, 6.07) is 18.6. The van der Waals surface area contributed by atoms with Gasteiger partial charge in [0.2, 0.25) is 10.0 Å². The summed E-state index contributed by atoms with van der Waals surface area (Å²) in [6.45, 7) is 0. The normalized spacial score (nSPS) is 12.1. The second kappa shape index (κ2) is 11.8. The van der Waals surface area contributed by atoms with Gasteiger partial charge in [-0.3, -0.25) is 0 Å². The van der Waals surface area contributed by atoms with Gasteiger partial charge in [-0.15, -0.1) is 16.5 Å². The van der Waals surface area contributed by atoms with Crippen molar-refractivity contribution in [3.8, 4) is 27.5 Å². The Morgan fingerprint density at radius 1 is 1.00 bits per heavy atom. The van der Waals surface area contributed by atoms with Crippen LogP contribution in [0.4, 0.5) is 17.6 Å². The number of benzene rings is 3. The SMILES string of the molecule is N[S+](O)c1ccc(Cc2c(-c3cccc(-c4cccc(F)c4)c3)nn(-c3nc(C(=O)O)cs3)c2C(F)(F)F)cc1.O. The van der Waals surface area contributed by atoms with Crippen molar-refractivity contribution in [2.75, 3.05) is 0 Å². The summed E-state index contributed by atoms with van der Waals surface area (Å²) in [5, 5.41) is 20.0. The Morgan fingerprint density at radius 3 is 2.22 bits per heavy atom. The molecule has 1 unspecified atom stereocenters. The number of alkyl halides is 3. The minimum atomic E-state index is -4.88. The molecule has 0 amide bonds. The van der Waals surface area contributed by atoms with Crippen molar-refractivity contribution in [3.63, 3.8) is 0 Å². The molecule has 0 radical (unpaired) electrons. The van der Waals surface area contributed by atoms with Gasteiger partial charge in [0.25, 0.3) is 11.4 Å². The fourth-order valence-corrected chi connectivity index (χ4v) is 5.37. The van der Waals surface area contributed by atoms with E-state index in [1.165, 1.54) is 30.3 Å². The number of nitrogens with two attached hydrogens (primary N) is 1. The highest BCUT2D eigenvalue weighted by Gasteiger charge is 2.41. The molecule has 2 aromatic heterocycles. The van der Waals surface area contributed by atoms with Crippen molar-refractivity contribution < 1.29 is 37.5 Å². The molecule has 0 aliphatic rings. The molecule has 0 aliphatic heterocycles. The van der Waals surface area contributed by atoms with Crippen molar-refractivity contribution in [1.82, 2.24) is 14.8 Å². The van der Waals surface area contributed by atoms with Crippen molar-refractivity contribution in [3.05, 3.63) is 107 Å². The number of thiazole rings is 1. The number of rotatable bonds is 7. The molecule has 2 heterocycles. The number of aromatic nitrogens is 3. The fraction of sp³-hybridized carbons (Fsp3) is 0.0741. The fourth-order valence-electron chi connectivity index (χ4n) is 4.20. The standard InChI is InChI=1S/C27H18F4N4O3S2.H2O/c28-19-6-2-4-17(13-19)16-3-1-5-18(12-16)23-21(11-15-7-9-20(10-8-15)40(32)38)24(27(29,30)31)35(34-23)26-33-22(14-39-26)25(36)37;/h1-10,12-14,38H,11,32H2;1H2/p+1. The van der Waals surface area contributed by atoms with E-state index in [1.54, 1.807) is 42.5 Å². The molecule has 3 aromatic carbocycles. The third kappa shape index (κ3) is 6.31. The molecule has 1 atom stereocenters. The topological polar surface area (TPSA) is 146 Å². The molecule has 41 heavy (non-hydrogen) atoms. The summed E-state index contributed by atoms with van der Waals surface area (Å²) in [4.78, 5) is 15.6. The van der Waals surface area contributed by atoms with E-state index in [0.717, 1.165) is 16.7 Å². The zero-order valence-corrected chi connectivity index (χ0v) is 22.4. The van der Waals surface area contributed by atoms with Crippen LogP contribution in [0.15, 0.2) is 83.1 Å². The lowest BCUT2D eigenvalue weighted by atomic mass is 9.96. The molecule has 0 saturated heterocycles. The molecule has 8 nitrogen and oxygen atoms in total. The summed E-state index contributed by atoms with van der Waals surface area (Å²) >= 11 is -0.792. The van der Waals surface area contributed by atoms with Gasteiger partial charge in [0, 0.05) is 22.9 Å². The molecule has 5 rings (SSSR count). The zero-order chi connectivity index (χ0) is 28.6. The van der Waals surface area contributed by atoms with Crippen LogP contribution >= 0.6 is 11.3 Å². The number of hydrogen-bond acceptors (Lipinski definition) is 6. The smallest absolute Gasteiger partial charge is 0.433 e. The van der Waals surface area contributed by atoms with E-state index in [-0.39, 0.29) is 28.3 Å². The summed E-state index contributed by atoms with van der Waals surface area (Å²) < 4.78 is 68.1. The number of nitrogens with zero attached hydrogens (tertiary/aromatic N) is 3. The van der Waals surface area contributed by atoms with Gasteiger partial charge in [0.05, 0.1) is 5.69 Å². The Hall–Kier alpha value is -4.08. The first-order valence-corrected chi connectivity index (χ1v) is 13.6. The van der Waals surface area contributed by atoms with E-state index >= 15 is 0 Å². The minimum absolute atomic E-state index is 0. The molecular weight excluding hydrogens is 584 g/mol. The van der Waals surface area contributed by atoms with Crippen LogP contribution in [0.2, 0.25) is 0 Å². The maximum atomic E-state index is 14.7.